The third-order valence-corrected chi connectivity index (χ3v) is 5.91. The van der Waals surface area contributed by atoms with Crippen LogP contribution in [0.25, 0.3) is 0 Å². The van der Waals surface area contributed by atoms with Crippen LogP contribution in [0.3, 0.4) is 0 Å². The molecular weight excluding hydrogens is 607 g/mol. The molecule has 0 saturated heterocycles. The molecule has 43 heavy (non-hydrogen) atoms. The summed E-state index contributed by atoms with van der Waals surface area (Å²) in [6, 6.07) is 0. The monoisotopic (exact) mass is 646 g/mol. The third kappa shape index (κ3) is 13.4. The molecule has 0 bridgehead atoms. The Morgan fingerprint density at radius 2 is 0.814 bits per heavy atom. The molecule has 1 N–H and O–H groups in total. The van der Waals surface area contributed by atoms with Crippen LogP contribution in [0.15, 0.2) is 0 Å². The molecule has 0 aliphatic carbocycles. The van der Waals surface area contributed by atoms with Crippen molar-refractivity contribution in [2.45, 2.75) is 41.5 Å². The van der Waals surface area contributed by atoms with Crippen LogP contribution in [0.2, 0.25) is 0 Å². The third-order valence-electron chi connectivity index (χ3n) is 5.00. The number of esters is 6. The normalized spacial score (nSPS) is 11.7. The Kier molecular flexibility index (Phi) is 18.5. The average molecular weight is 647 g/mol. The predicted octanol–water partition coefficient (Wildman–Crippen LogP) is 0.420. The Morgan fingerprint density at radius 3 is 1.05 bits per heavy atom. The highest BCUT2D eigenvalue weighted by atomic mass is 31.2. The molecule has 0 amide bonds. The van der Waals surface area contributed by atoms with Crippen LogP contribution in [0.4, 0.5) is 0 Å². The van der Waals surface area contributed by atoms with Gasteiger partial charge in [0.05, 0.1) is 52.9 Å². The van der Waals surface area contributed by atoms with Crippen molar-refractivity contribution in [3.05, 3.63) is 0 Å². The number of hydrogen-bond acceptors (Lipinski definition) is 17. The van der Waals surface area contributed by atoms with Crippen LogP contribution in [0, 0.1) is 10.8 Å². The summed E-state index contributed by atoms with van der Waals surface area (Å²) in [4.78, 5) is 84.1. The number of phosphoric acid groups is 1. The molecule has 0 saturated carbocycles. The van der Waals surface area contributed by atoms with Crippen LogP contribution in [0.5, 0.6) is 0 Å². The Labute approximate surface area is 248 Å². The quantitative estimate of drug-likeness (QED) is 0.0419. The Bertz CT molecular complexity index is 885. The lowest BCUT2D eigenvalue weighted by atomic mass is 9.90. The molecule has 0 radical (unpaired) electrons. The van der Waals surface area contributed by atoms with Gasteiger partial charge in [0.25, 0.3) is 0 Å². The molecule has 19 heteroatoms. The Balaban J connectivity index is 6.21. The Morgan fingerprint density at radius 1 is 0.535 bits per heavy atom. The van der Waals surface area contributed by atoms with Gasteiger partial charge in [0, 0.05) is 13.8 Å². The van der Waals surface area contributed by atoms with Crippen LogP contribution >= 0.6 is 7.82 Å². The van der Waals surface area contributed by atoms with Gasteiger partial charge in [0.1, 0.15) is 0 Å². The van der Waals surface area contributed by atoms with Gasteiger partial charge in [0.2, 0.25) is 10.8 Å². The molecule has 0 aliphatic rings. The summed E-state index contributed by atoms with van der Waals surface area (Å²) in [5, 5.41) is 0. The fourth-order valence-electron chi connectivity index (χ4n) is 2.90. The van der Waals surface area contributed by atoms with Crippen molar-refractivity contribution in [1.29, 1.82) is 0 Å². The maximum absolute atomic E-state index is 12.9. The van der Waals surface area contributed by atoms with Crippen LogP contribution in [-0.4, -0.2) is 107 Å². The molecule has 18 nitrogen and oxygen atoms in total. The van der Waals surface area contributed by atoms with E-state index < -0.39 is 94.5 Å². The first-order valence-electron chi connectivity index (χ1n) is 12.9. The summed E-state index contributed by atoms with van der Waals surface area (Å²) >= 11 is 0. The predicted molar refractivity (Wildman–Crippen MR) is 138 cm³/mol. The van der Waals surface area contributed by atoms with E-state index in [1.807, 2.05) is 0 Å². The average Bonchev–Trinajstić information content (AvgIpc) is 2.92. The first kappa shape index (κ1) is 39.8. The second-order valence-electron chi connectivity index (χ2n) is 8.27. The van der Waals surface area contributed by atoms with Crippen molar-refractivity contribution >= 4 is 43.6 Å². The largest absolute Gasteiger partial charge is 0.472 e. The fourth-order valence-corrected chi connectivity index (χ4v) is 3.74. The molecule has 0 aromatic heterocycles. The number of carbonyl (C=O) groups excluding carboxylic acids is 6. The highest BCUT2D eigenvalue weighted by Crippen LogP contribution is 2.47. The SMILES string of the molecule is CCOC(=O)C(COCOC(C)=O)(COP(=O)(O)OCC(COCOC(C)=O)(C(=O)OCC)C(=O)OCC)C(=O)OCC. The van der Waals surface area contributed by atoms with E-state index in [0.29, 0.717) is 0 Å². The molecule has 0 spiro atoms. The number of hydrogen-bond donors (Lipinski definition) is 1. The van der Waals surface area contributed by atoms with Gasteiger partial charge in [-0.1, -0.05) is 0 Å². The summed E-state index contributed by atoms with van der Waals surface area (Å²) in [5.41, 5.74) is -5.03. The molecule has 0 heterocycles. The molecule has 0 aromatic carbocycles. The lowest BCUT2D eigenvalue weighted by Gasteiger charge is -2.30. The second kappa shape index (κ2) is 19.9. The topological polar surface area (TPSA) is 232 Å². The summed E-state index contributed by atoms with van der Waals surface area (Å²) in [6.45, 7) is 1.24. The van der Waals surface area contributed by atoms with Crippen LogP contribution < -0.4 is 0 Å². The Hall–Kier alpha value is -3.15. The van der Waals surface area contributed by atoms with Crippen molar-refractivity contribution in [3.63, 3.8) is 0 Å². The summed E-state index contributed by atoms with van der Waals surface area (Å²) in [6.07, 6.45) is 0. The van der Waals surface area contributed by atoms with E-state index in [1.54, 1.807) is 0 Å². The molecule has 0 atom stereocenters. The van der Waals surface area contributed by atoms with Gasteiger partial charge in [-0.05, 0) is 27.7 Å². The highest BCUT2D eigenvalue weighted by Gasteiger charge is 2.54. The fraction of sp³-hybridized carbons (Fsp3) is 0.750. The lowest BCUT2D eigenvalue weighted by Crippen LogP contribution is -2.50. The zero-order chi connectivity index (χ0) is 33.1. The second-order valence-corrected chi connectivity index (χ2v) is 9.72. The van der Waals surface area contributed by atoms with E-state index in [2.05, 4.69) is 9.47 Å². The molecule has 0 unspecified atom stereocenters. The number of carbonyl (C=O) groups is 6. The smallest absolute Gasteiger partial charge is 0.465 e. The van der Waals surface area contributed by atoms with Crippen molar-refractivity contribution in [2.75, 3.05) is 66.4 Å². The molecule has 0 aromatic rings. The molecule has 0 fully saturated rings. The molecule has 0 rings (SSSR count). The first-order chi connectivity index (χ1) is 20.2. The van der Waals surface area contributed by atoms with Gasteiger partial charge in [-0.15, -0.1) is 0 Å². The van der Waals surface area contributed by atoms with E-state index >= 15 is 0 Å². The van der Waals surface area contributed by atoms with E-state index in [0.717, 1.165) is 13.8 Å². The zero-order valence-electron chi connectivity index (χ0n) is 24.9. The van der Waals surface area contributed by atoms with Crippen LogP contribution in [0.1, 0.15) is 41.5 Å². The summed E-state index contributed by atoms with van der Waals surface area (Å²) in [7, 11) is -5.34. The minimum atomic E-state index is -5.34. The number of rotatable bonds is 22. The minimum Gasteiger partial charge on any atom is -0.465 e. The summed E-state index contributed by atoms with van der Waals surface area (Å²) in [5.74, 6) is -6.59. The van der Waals surface area contributed by atoms with Gasteiger partial charge in [-0.3, -0.25) is 37.8 Å². The lowest BCUT2D eigenvalue weighted by molar-refractivity contribution is -0.185. The van der Waals surface area contributed by atoms with E-state index in [1.165, 1.54) is 27.7 Å². The number of phosphoric ester groups is 1. The highest BCUT2D eigenvalue weighted by molar-refractivity contribution is 7.47. The minimum absolute atomic E-state index is 0.230. The van der Waals surface area contributed by atoms with E-state index in [-0.39, 0.29) is 26.4 Å². The van der Waals surface area contributed by atoms with E-state index in [9.17, 15) is 38.2 Å². The first-order valence-corrected chi connectivity index (χ1v) is 14.4. The zero-order valence-corrected chi connectivity index (χ0v) is 25.8. The van der Waals surface area contributed by atoms with Gasteiger partial charge in [-0.25, -0.2) is 4.57 Å². The van der Waals surface area contributed by atoms with Crippen LogP contribution in [-0.2, 0) is 80.3 Å². The molecule has 248 valence electrons. The van der Waals surface area contributed by atoms with Crippen molar-refractivity contribution in [2.24, 2.45) is 10.8 Å². The van der Waals surface area contributed by atoms with Gasteiger partial charge in [0.15, 0.2) is 13.6 Å². The maximum atomic E-state index is 12.9. The molecule has 0 aliphatic heterocycles. The number of ether oxygens (including phenoxy) is 8. The van der Waals surface area contributed by atoms with Crippen molar-refractivity contribution < 1.29 is 85.2 Å². The van der Waals surface area contributed by atoms with Crippen molar-refractivity contribution in [1.82, 2.24) is 0 Å². The van der Waals surface area contributed by atoms with E-state index in [4.69, 9.17) is 37.5 Å². The maximum Gasteiger partial charge on any atom is 0.472 e. The van der Waals surface area contributed by atoms with Gasteiger partial charge in [-0.2, -0.15) is 0 Å². The van der Waals surface area contributed by atoms with Gasteiger partial charge >= 0.3 is 43.6 Å². The summed E-state index contributed by atoms with van der Waals surface area (Å²) < 4.78 is 61.9. The van der Waals surface area contributed by atoms with Crippen molar-refractivity contribution in [3.8, 4) is 0 Å². The molecular formula is C24H39O18P. The standard InChI is InChI=1S/C24H39O18P/c1-7-35-19(27)23(20(28)36-8-2,11-33-15-39-17(5)25)13-41-43(31,32)42-14-24(21(29)37-9-3,22(30)38-10-4)12-34-16-40-18(6)26/h7-16H2,1-6H3,(H,31,32). The van der Waals surface area contributed by atoms with Gasteiger partial charge < -0.3 is 42.8 Å².